The van der Waals surface area contributed by atoms with Gasteiger partial charge < -0.3 is 0 Å². The van der Waals surface area contributed by atoms with Crippen LogP contribution in [0.15, 0.2) is 0 Å². The zero-order chi connectivity index (χ0) is 14.7. The largest absolute Gasteiger partial charge is 0.229 e. The topological polar surface area (TPSA) is 34.1 Å². The van der Waals surface area contributed by atoms with Crippen LogP contribution in [0.4, 0.5) is 0 Å². The van der Waals surface area contributed by atoms with Crippen molar-refractivity contribution in [3.8, 4) is 0 Å². The molecule has 1 rings (SSSR count). The lowest BCUT2D eigenvalue weighted by molar-refractivity contribution is 0.213. The van der Waals surface area contributed by atoms with Gasteiger partial charge in [-0.2, -0.15) is 0 Å². The number of rotatable bonds is 6. The molecule has 19 heavy (non-hydrogen) atoms. The molecule has 1 aliphatic rings. The predicted octanol–water partition coefficient (Wildman–Crippen LogP) is 4.41. The highest BCUT2D eigenvalue weighted by Gasteiger charge is 2.43. The second kappa shape index (κ2) is 6.78. The zero-order valence-electron chi connectivity index (χ0n) is 12.2. The molecular weight excluding hydrogens is 392 g/mol. The molecule has 5 heteroatoms. The van der Waals surface area contributed by atoms with Crippen molar-refractivity contribution >= 4 is 41.7 Å². The van der Waals surface area contributed by atoms with Gasteiger partial charge in [0.2, 0.25) is 0 Å². The van der Waals surface area contributed by atoms with Crippen LogP contribution < -0.4 is 0 Å². The molecule has 0 N–H and O–H groups in total. The number of sulfone groups is 1. The maximum absolute atomic E-state index is 11.7. The fraction of sp³-hybridized carbons (Fsp3) is 1.00. The Morgan fingerprint density at radius 3 is 2.05 bits per heavy atom. The molecule has 0 aromatic rings. The summed E-state index contributed by atoms with van der Waals surface area (Å²) in [6.07, 6.45) is 4.28. The smallest absolute Gasteiger partial charge is 0.150 e. The highest BCUT2D eigenvalue weighted by Crippen LogP contribution is 2.43. The molecule has 0 aromatic carbocycles. The second-order valence-electron chi connectivity index (χ2n) is 7.14. The average Bonchev–Trinajstić information content (AvgIpc) is 2.64. The van der Waals surface area contributed by atoms with Crippen molar-refractivity contribution in [3.05, 3.63) is 0 Å². The first-order valence-electron chi connectivity index (χ1n) is 6.96. The van der Waals surface area contributed by atoms with Gasteiger partial charge in [0.05, 0.1) is 11.5 Å². The van der Waals surface area contributed by atoms with Crippen LogP contribution in [0.1, 0.15) is 46.5 Å². The van der Waals surface area contributed by atoms with Gasteiger partial charge in [-0.05, 0) is 36.0 Å². The van der Waals surface area contributed by atoms with Gasteiger partial charge in [0.25, 0.3) is 0 Å². The second-order valence-corrected chi connectivity index (χ2v) is 10.5. The number of halogens is 2. The van der Waals surface area contributed by atoms with Crippen LogP contribution >= 0.6 is 31.9 Å². The number of hydrogen-bond acceptors (Lipinski definition) is 2. The maximum Gasteiger partial charge on any atom is 0.150 e. The molecule has 1 heterocycles. The SMILES string of the molecule is CC(C)(C)CCCC(CBr)(CBr)C1CCS(=O)(=O)C1. The van der Waals surface area contributed by atoms with E-state index in [0.717, 1.165) is 29.9 Å². The third kappa shape index (κ3) is 5.31. The fourth-order valence-corrected chi connectivity index (χ4v) is 7.19. The number of hydrogen-bond donors (Lipinski definition) is 0. The molecule has 0 saturated carbocycles. The molecule has 114 valence electrons. The van der Waals surface area contributed by atoms with Crippen LogP contribution in [0, 0.1) is 16.7 Å². The van der Waals surface area contributed by atoms with E-state index in [-0.39, 0.29) is 5.41 Å². The molecule has 2 nitrogen and oxygen atoms in total. The molecule has 0 spiro atoms. The lowest BCUT2D eigenvalue weighted by Gasteiger charge is -2.36. The van der Waals surface area contributed by atoms with E-state index in [1.165, 1.54) is 6.42 Å². The standard InChI is InChI=1S/C14H26Br2O2S/c1-13(2,3)6-4-7-14(10-15,11-16)12-5-8-19(17,18)9-12/h12H,4-11H2,1-3H3. The van der Waals surface area contributed by atoms with Gasteiger partial charge in [-0.1, -0.05) is 59.1 Å². The van der Waals surface area contributed by atoms with E-state index in [9.17, 15) is 8.42 Å². The summed E-state index contributed by atoms with van der Waals surface area (Å²) in [6.45, 7) is 6.78. The summed E-state index contributed by atoms with van der Waals surface area (Å²) in [5.41, 5.74) is 0.445. The normalized spacial score (nSPS) is 23.7. The monoisotopic (exact) mass is 416 g/mol. The Morgan fingerprint density at radius 2 is 1.68 bits per heavy atom. The van der Waals surface area contributed by atoms with Crippen LogP contribution in [0.5, 0.6) is 0 Å². The first-order valence-corrected chi connectivity index (χ1v) is 11.0. The highest BCUT2D eigenvalue weighted by molar-refractivity contribution is 9.09. The minimum absolute atomic E-state index is 0.0921. The Bertz CT molecular complexity index is 381. The van der Waals surface area contributed by atoms with Gasteiger partial charge >= 0.3 is 0 Å². The molecule has 1 fully saturated rings. The van der Waals surface area contributed by atoms with E-state index in [1.54, 1.807) is 0 Å². The van der Waals surface area contributed by atoms with E-state index in [4.69, 9.17) is 0 Å². The lowest BCUT2D eigenvalue weighted by Crippen LogP contribution is -2.35. The minimum Gasteiger partial charge on any atom is -0.229 e. The van der Waals surface area contributed by atoms with E-state index >= 15 is 0 Å². The van der Waals surface area contributed by atoms with E-state index in [2.05, 4.69) is 52.6 Å². The summed E-state index contributed by atoms with van der Waals surface area (Å²) >= 11 is 7.27. The van der Waals surface area contributed by atoms with Crippen molar-refractivity contribution in [2.75, 3.05) is 22.2 Å². The Labute approximate surface area is 135 Å². The van der Waals surface area contributed by atoms with Crippen LogP contribution in [0.25, 0.3) is 0 Å². The quantitative estimate of drug-likeness (QED) is 0.599. The Hall–Kier alpha value is 0.910. The highest BCUT2D eigenvalue weighted by atomic mass is 79.9. The summed E-state index contributed by atoms with van der Waals surface area (Å²) in [5, 5.41) is 1.77. The van der Waals surface area contributed by atoms with Crippen molar-refractivity contribution in [2.24, 2.45) is 16.7 Å². The van der Waals surface area contributed by atoms with Crippen molar-refractivity contribution in [2.45, 2.75) is 46.5 Å². The Kier molecular flexibility index (Phi) is 6.41. The summed E-state index contributed by atoms with van der Waals surface area (Å²) in [4.78, 5) is 0. The first-order chi connectivity index (χ1) is 8.64. The summed E-state index contributed by atoms with van der Waals surface area (Å²) in [7, 11) is -2.79. The summed E-state index contributed by atoms with van der Waals surface area (Å²) in [6, 6.07) is 0. The van der Waals surface area contributed by atoms with Gasteiger partial charge in [-0.25, -0.2) is 8.42 Å². The van der Waals surface area contributed by atoms with Gasteiger partial charge in [0.15, 0.2) is 9.84 Å². The lowest BCUT2D eigenvalue weighted by atomic mass is 9.73. The molecule has 1 saturated heterocycles. The van der Waals surface area contributed by atoms with Gasteiger partial charge in [0, 0.05) is 10.7 Å². The Morgan fingerprint density at radius 1 is 1.11 bits per heavy atom. The van der Waals surface area contributed by atoms with E-state index in [1.807, 2.05) is 0 Å². The molecule has 1 aliphatic heterocycles. The molecule has 0 radical (unpaired) electrons. The maximum atomic E-state index is 11.7. The van der Waals surface area contributed by atoms with Crippen molar-refractivity contribution < 1.29 is 8.42 Å². The molecule has 0 amide bonds. The van der Waals surface area contributed by atoms with E-state index < -0.39 is 9.84 Å². The Balaban J connectivity index is 2.69. The van der Waals surface area contributed by atoms with Gasteiger partial charge in [-0.15, -0.1) is 0 Å². The minimum atomic E-state index is -2.79. The van der Waals surface area contributed by atoms with Gasteiger partial charge in [0.1, 0.15) is 0 Å². The van der Waals surface area contributed by atoms with Crippen molar-refractivity contribution in [1.82, 2.24) is 0 Å². The molecule has 0 aromatic heterocycles. The zero-order valence-corrected chi connectivity index (χ0v) is 16.2. The molecule has 1 unspecified atom stereocenters. The summed E-state index contributed by atoms with van der Waals surface area (Å²) in [5.74, 6) is 1.05. The summed E-state index contributed by atoms with van der Waals surface area (Å²) < 4.78 is 23.4. The van der Waals surface area contributed by atoms with Crippen molar-refractivity contribution in [1.29, 1.82) is 0 Å². The van der Waals surface area contributed by atoms with E-state index in [0.29, 0.717) is 22.8 Å². The average molecular weight is 418 g/mol. The van der Waals surface area contributed by atoms with Gasteiger partial charge in [-0.3, -0.25) is 0 Å². The van der Waals surface area contributed by atoms with Crippen molar-refractivity contribution in [3.63, 3.8) is 0 Å². The molecule has 0 aliphatic carbocycles. The molecule has 0 bridgehead atoms. The predicted molar refractivity (Wildman–Crippen MR) is 90.1 cm³/mol. The van der Waals surface area contributed by atoms with Crippen LogP contribution in [0.3, 0.4) is 0 Å². The third-order valence-corrected chi connectivity index (χ3v) is 8.23. The molecule has 1 atom stereocenters. The first kappa shape index (κ1) is 18.0. The third-order valence-electron chi connectivity index (χ3n) is 4.23. The fourth-order valence-electron chi connectivity index (χ4n) is 2.84. The van der Waals surface area contributed by atoms with Crippen LogP contribution in [-0.4, -0.2) is 30.6 Å². The van der Waals surface area contributed by atoms with Crippen LogP contribution in [0.2, 0.25) is 0 Å². The van der Waals surface area contributed by atoms with Crippen LogP contribution in [-0.2, 0) is 9.84 Å². The molecular formula is C14H26Br2O2S. The number of alkyl halides is 2.